The third kappa shape index (κ3) is 6.44. The highest BCUT2D eigenvalue weighted by Crippen LogP contribution is 2.42. The minimum absolute atomic E-state index is 0.0255. The topological polar surface area (TPSA) is 77.6 Å². The van der Waals surface area contributed by atoms with Gasteiger partial charge in [0.2, 0.25) is 5.91 Å². The van der Waals surface area contributed by atoms with Crippen molar-refractivity contribution in [2.75, 3.05) is 39.8 Å². The maximum Gasteiger partial charge on any atom is 0.264 e. The minimum atomic E-state index is -2.59. The van der Waals surface area contributed by atoms with Crippen LogP contribution in [0.2, 0.25) is 0 Å². The standard InChI is InChI=1S/C35H40F2N6O2/c1-3-23-20-43(32(44)15-22-4-5-25(28(14-22)34(36)37)19-42-12-10-41(2)11-13-42)21-26-16-27(18-39-33(23)26)45-31-8-9-38-35-29(31)17-30(40-35)24-6-7-24/h4-5,8-9,14,16-18,23-24,34H,3,6-7,10-13,15,19-21H2,1-2H3,(H,38,40)/t23-/m0/s1. The third-order valence-electron chi connectivity index (χ3n) is 9.56. The Balaban J connectivity index is 1.06. The lowest BCUT2D eigenvalue weighted by Crippen LogP contribution is -2.44. The lowest BCUT2D eigenvalue weighted by atomic mass is 9.92. The summed E-state index contributed by atoms with van der Waals surface area (Å²) in [6, 6.07) is 11.1. The Morgan fingerprint density at radius 3 is 2.67 bits per heavy atom. The van der Waals surface area contributed by atoms with Crippen LogP contribution in [-0.4, -0.2) is 75.3 Å². The van der Waals surface area contributed by atoms with Crippen LogP contribution < -0.4 is 4.74 Å². The first kappa shape index (κ1) is 29.8. The Morgan fingerprint density at radius 2 is 1.91 bits per heavy atom. The number of rotatable bonds is 9. The van der Waals surface area contributed by atoms with Gasteiger partial charge >= 0.3 is 0 Å². The number of carbonyl (C=O) groups is 1. The van der Waals surface area contributed by atoms with Crippen LogP contribution in [0.5, 0.6) is 11.5 Å². The van der Waals surface area contributed by atoms with E-state index in [2.05, 4.69) is 39.8 Å². The Hall–Kier alpha value is -3.89. The molecule has 0 spiro atoms. The number of alkyl halides is 2. The highest BCUT2D eigenvalue weighted by molar-refractivity contribution is 5.84. The van der Waals surface area contributed by atoms with Gasteiger partial charge in [-0.1, -0.05) is 19.1 Å². The molecule has 4 aromatic rings. The molecule has 1 amide bonds. The molecule has 45 heavy (non-hydrogen) atoms. The number of H-pyrrole nitrogens is 1. The van der Waals surface area contributed by atoms with Crippen molar-refractivity contribution >= 4 is 16.9 Å². The molecule has 8 nitrogen and oxygen atoms in total. The normalized spacial score (nSPS) is 19.3. The van der Waals surface area contributed by atoms with Gasteiger partial charge in [-0.2, -0.15) is 0 Å². The summed E-state index contributed by atoms with van der Waals surface area (Å²) in [4.78, 5) is 32.6. The number of fused-ring (bicyclic) bond motifs is 2. The second-order valence-corrected chi connectivity index (χ2v) is 12.9. The molecule has 3 aliphatic rings. The molecule has 7 rings (SSSR count). The van der Waals surface area contributed by atoms with Crippen LogP contribution in [0.1, 0.15) is 78.1 Å². The summed E-state index contributed by atoms with van der Waals surface area (Å²) in [5.41, 5.74) is 5.22. The molecule has 1 N–H and O–H groups in total. The Morgan fingerprint density at radius 1 is 1.09 bits per heavy atom. The number of carbonyl (C=O) groups excluding carboxylic acids is 1. The molecule has 0 radical (unpaired) electrons. The number of likely N-dealkylation sites (N-methyl/N-ethyl adjacent to an activating group) is 1. The average Bonchev–Trinajstić information content (AvgIpc) is 3.80. The van der Waals surface area contributed by atoms with Crippen molar-refractivity contribution in [3.05, 3.63) is 82.4 Å². The number of benzene rings is 1. The summed E-state index contributed by atoms with van der Waals surface area (Å²) < 4.78 is 34.6. The first-order valence-corrected chi connectivity index (χ1v) is 16.1. The summed E-state index contributed by atoms with van der Waals surface area (Å²) in [5.74, 6) is 1.92. The number of hydrogen-bond donors (Lipinski definition) is 1. The largest absolute Gasteiger partial charge is 0.455 e. The van der Waals surface area contributed by atoms with Crippen LogP contribution in [0.3, 0.4) is 0 Å². The summed E-state index contributed by atoms with van der Waals surface area (Å²) >= 11 is 0. The molecule has 10 heteroatoms. The fourth-order valence-corrected chi connectivity index (χ4v) is 6.67. The zero-order chi connectivity index (χ0) is 31.1. The van der Waals surface area contributed by atoms with E-state index in [0.29, 0.717) is 48.2 Å². The van der Waals surface area contributed by atoms with E-state index in [1.54, 1.807) is 18.5 Å². The second-order valence-electron chi connectivity index (χ2n) is 12.9. The molecule has 0 unspecified atom stereocenters. The number of halogens is 2. The summed E-state index contributed by atoms with van der Waals surface area (Å²) in [6.07, 6.45) is 4.21. The molecule has 2 aliphatic heterocycles. The van der Waals surface area contributed by atoms with Gasteiger partial charge in [0.15, 0.2) is 0 Å². The molecule has 1 aromatic carbocycles. The van der Waals surface area contributed by atoms with Crippen molar-refractivity contribution in [3.63, 3.8) is 0 Å². The van der Waals surface area contributed by atoms with Gasteiger partial charge in [-0.05, 0) is 73.2 Å². The van der Waals surface area contributed by atoms with E-state index in [9.17, 15) is 13.6 Å². The van der Waals surface area contributed by atoms with Gasteiger partial charge in [0.1, 0.15) is 17.1 Å². The fourth-order valence-electron chi connectivity index (χ4n) is 6.67. The Kier molecular flexibility index (Phi) is 8.27. The predicted molar refractivity (Wildman–Crippen MR) is 169 cm³/mol. The van der Waals surface area contributed by atoms with Crippen molar-refractivity contribution in [2.24, 2.45) is 0 Å². The lowest BCUT2D eigenvalue weighted by Gasteiger charge is -2.34. The molecule has 1 aliphatic carbocycles. The van der Waals surface area contributed by atoms with Gasteiger partial charge in [-0.3, -0.25) is 14.7 Å². The van der Waals surface area contributed by atoms with Gasteiger partial charge in [0, 0.05) is 69.2 Å². The fraction of sp³-hybridized carbons (Fsp3) is 0.457. The molecule has 0 bridgehead atoms. The van der Waals surface area contributed by atoms with E-state index in [-0.39, 0.29) is 23.8 Å². The SMILES string of the molecule is CC[C@H]1CN(C(=O)Cc2ccc(CN3CCN(C)CC3)c(C(F)F)c2)Cc2cc(Oc3ccnc4[nH]c(C5CC5)cc34)cnc21. The highest BCUT2D eigenvalue weighted by Gasteiger charge is 2.30. The van der Waals surface area contributed by atoms with Crippen molar-refractivity contribution < 1.29 is 18.3 Å². The van der Waals surface area contributed by atoms with E-state index in [4.69, 9.17) is 9.72 Å². The zero-order valence-corrected chi connectivity index (χ0v) is 25.9. The Bertz CT molecular complexity index is 1690. The number of ether oxygens (including phenoxy) is 1. The van der Waals surface area contributed by atoms with Crippen molar-refractivity contribution in [3.8, 4) is 11.5 Å². The van der Waals surface area contributed by atoms with Gasteiger partial charge in [-0.15, -0.1) is 0 Å². The number of amides is 1. The van der Waals surface area contributed by atoms with Crippen LogP contribution in [0.15, 0.2) is 48.8 Å². The van der Waals surface area contributed by atoms with Crippen LogP contribution in [0.4, 0.5) is 8.78 Å². The smallest absolute Gasteiger partial charge is 0.264 e. The van der Waals surface area contributed by atoms with Gasteiger partial charge in [0.25, 0.3) is 6.43 Å². The molecule has 1 atom stereocenters. The number of hydrogen-bond acceptors (Lipinski definition) is 6. The van der Waals surface area contributed by atoms with Gasteiger partial charge < -0.3 is 19.5 Å². The molecule has 1 saturated heterocycles. The molecule has 1 saturated carbocycles. The lowest BCUT2D eigenvalue weighted by molar-refractivity contribution is -0.131. The molecule has 236 valence electrons. The molecular weight excluding hydrogens is 574 g/mol. The number of pyridine rings is 2. The molecular formula is C35H40F2N6O2. The van der Waals surface area contributed by atoms with Crippen molar-refractivity contribution in [2.45, 2.75) is 64.0 Å². The molecule has 2 fully saturated rings. The summed E-state index contributed by atoms with van der Waals surface area (Å²) in [7, 11) is 2.08. The number of nitrogens with one attached hydrogen (secondary N) is 1. The maximum absolute atomic E-state index is 14.2. The van der Waals surface area contributed by atoms with Crippen molar-refractivity contribution in [1.29, 1.82) is 0 Å². The summed E-state index contributed by atoms with van der Waals surface area (Å²) in [6.45, 7) is 7.12. The number of aromatic nitrogens is 3. The monoisotopic (exact) mass is 614 g/mol. The van der Waals surface area contributed by atoms with E-state index in [1.807, 2.05) is 23.1 Å². The average molecular weight is 615 g/mol. The number of nitrogens with zero attached hydrogens (tertiary/aromatic N) is 5. The van der Waals surface area contributed by atoms with Crippen LogP contribution in [-0.2, 0) is 24.3 Å². The van der Waals surface area contributed by atoms with Crippen molar-refractivity contribution in [1.82, 2.24) is 29.7 Å². The van der Waals surface area contributed by atoms with E-state index in [1.165, 1.54) is 24.6 Å². The second kappa shape index (κ2) is 12.5. The number of piperazine rings is 1. The van der Waals surface area contributed by atoms with Crippen LogP contribution in [0.25, 0.3) is 11.0 Å². The van der Waals surface area contributed by atoms with E-state index >= 15 is 0 Å². The Labute approximate surface area is 262 Å². The van der Waals surface area contributed by atoms with E-state index in [0.717, 1.165) is 54.9 Å². The predicted octanol–water partition coefficient (Wildman–Crippen LogP) is 6.39. The van der Waals surface area contributed by atoms with Gasteiger partial charge in [-0.25, -0.2) is 13.8 Å². The zero-order valence-electron chi connectivity index (χ0n) is 25.9. The first-order chi connectivity index (χ1) is 21.8. The maximum atomic E-state index is 14.2. The molecule has 3 aromatic heterocycles. The van der Waals surface area contributed by atoms with E-state index < -0.39 is 6.43 Å². The number of aromatic amines is 1. The highest BCUT2D eigenvalue weighted by atomic mass is 19.3. The minimum Gasteiger partial charge on any atom is -0.455 e. The summed E-state index contributed by atoms with van der Waals surface area (Å²) in [5, 5.41) is 0.943. The van der Waals surface area contributed by atoms with Crippen LogP contribution >= 0.6 is 0 Å². The third-order valence-corrected chi connectivity index (χ3v) is 9.56. The molecule has 5 heterocycles. The quantitative estimate of drug-likeness (QED) is 0.236. The van der Waals surface area contributed by atoms with Gasteiger partial charge in [0.05, 0.1) is 23.7 Å². The van der Waals surface area contributed by atoms with Crippen LogP contribution in [0, 0.1) is 0 Å². The first-order valence-electron chi connectivity index (χ1n) is 16.1.